The van der Waals surface area contributed by atoms with Crippen LogP contribution in [0.25, 0.3) is 11.3 Å². The zero-order valence-electron chi connectivity index (χ0n) is 14.0. The normalized spacial score (nSPS) is 14.6. The maximum absolute atomic E-state index is 13.9. The molecule has 0 radical (unpaired) electrons. The third kappa shape index (κ3) is 4.26. The summed E-state index contributed by atoms with van der Waals surface area (Å²) in [5, 5.41) is 2.70. The van der Waals surface area contributed by atoms with E-state index in [2.05, 4.69) is 9.88 Å². The molecule has 0 spiro atoms. The van der Waals surface area contributed by atoms with Gasteiger partial charge >= 0.3 is 6.09 Å². The van der Waals surface area contributed by atoms with Crippen LogP contribution >= 0.6 is 11.3 Å². The van der Waals surface area contributed by atoms with Crippen molar-refractivity contribution in [2.24, 2.45) is 0 Å². The largest absolute Gasteiger partial charge is 0.447 e. The van der Waals surface area contributed by atoms with E-state index in [-0.39, 0.29) is 18.5 Å². The van der Waals surface area contributed by atoms with E-state index in [4.69, 9.17) is 9.47 Å². The topological polar surface area (TPSA) is 54.9 Å². The Bertz CT molecular complexity index is 717. The van der Waals surface area contributed by atoms with Crippen LogP contribution in [-0.2, 0) is 9.47 Å². The number of ether oxygens (including phenoxy) is 2. The van der Waals surface area contributed by atoms with E-state index >= 15 is 0 Å². The van der Waals surface area contributed by atoms with E-state index in [1.165, 1.54) is 17.4 Å². The second-order valence-electron chi connectivity index (χ2n) is 5.58. The molecule has 1 amide bonds. The fourth-order valence-electron chi connectivity index (χ4n) is 2.59. The quantitative estimate of drug-likeness (QED) is 0.763. The lowest BCUT2D eigenvalue weighted by Crippen LogP contribution is -2.49. The molecule has 1 aliphatic heterocycles. The molecule has 2 aromatic rings. The highest BCUT2D eigenvalue weighted by Gasteiger charge is 2.24. The van der Waals surface area contributed by atoms with Crippen molar-refractivity contribution in [3.05, 3.63) is 35.5 Å². The Hall–Kier alpha value is -2.19. The predicted octanol–water partition coefficient (Wildman–Crippen LogP) is 2.85. The molecule has 1 saturated heterocycles. The molecule has 0 saturated carbocycles. The first-order valence-electron chi connectivity index (χ1n) is 8.05. The fraction of sp³-hybridized carbons (Fsp3) is 0.412. The van der Waals surface area contributed by atoms with Crippen LogP contribution in [0.2, 0.25) is 0 Å². The van der Waals surface area contributed by atoms with Gasteiger partial charge in [0.05, 0.1) is 12.3 Å². The second kappa shape index (κ2) is 8.26. The number of hydrogen-bond acceptors (Lipinski definition) is 6. The molecule has 1 aromatic carbocycles. The van der Waals surface area contributed by atoms with Crippen LogP contribution in [0.4, 0.5) is 14.3 Å². The van der Waals surface area contributed by atoms with Crippen LogP contribution in [0.3, 0.4) is 0 Å². The van der Waals surface area contributed by atoms with Crippen LogP contribution in [0.15, 0.2) is 29.6 Å². The van der Waals surface area contributed by atoms with Gasteiger partial charge in [0.1, 0.15) is 12.4 Å². The monoisotopic (exact) mass is 365 g/mol. The van der Waals surface area contributed by atoms with Crippen LogP contribution in [-0.4, -0.2) is 62.5 Å². The molecule has 1 fully saturated rings. The van der Waals surface area contributed by atoms with Gasteiger partial charge in [-0.2, -0.15) is 0 Å². The summed E-state index contributed by atoms with van der Waals surface area (Å²) in [4.78, 5) is 20.2. The molecule has 0 aliphatic carbocycles. The fourth-order valence-corrected chi connectivity index (χ4v) is 3.47. The Labute approximate surface area is 149 Å². The molecule has 134 valence electrons. The Morgan fingerprint density at radius 1 is 1.24 bits per heavy atom. The van der Waals surface area contributed by atoms with Gasteiger partial charge in [0.15, 0.2) is 5.13 Å². The number of hydrogen-bond donors (Lipinski definition) is 0. The van der Waals surface area contributed by atoms with Crippen molar-refractivity contribution in [2.75, 3.05) is 51.4 Å². The highest BCUT2D eigenvalue weighted by molar-refractivity contribution is 7.14. The summed E-state index contributed by atoms with van der Waals surface area (Å²) in [7, 11) is 1.57. The molecule has 2 heterocycles. The number of rotatable bonds is 5. The van der Waals surface area contributed by atoms with Gasteiger partial charge in [0.2, 0.25) is 0 Å². The molecule has 8 heteroatoms. The van der Waals surface area contributed by atoms with Gasteiger partial charge < -0.3 is 19.3 Å². The van der Waals surface area contributed by atoms with Crippen molar-refractivity contribution in [3.63, 3.8) is 0 Å². The van der Waals surface area contributed by atoms with Crippen molar-refractivity contribution >= 4 is 22.6 Å². The molecule has 0 unspecified atom stereocenters. The third-order valence-electron chi connectivity index (χ3n) is 3.96. The van der Waals surface area contributed by atoms with E-state index in [0.717, 1.165) is 5.13 Å². The summed E-state index contributed by atoms with van der Waals surface area (Å²) in [6, 6.07) is 6.62. The number of halogens is 1. The minimum absolute atomic E-state index is 0.258. The standard InChI is InChI=1S/C17H20FN3O3S/c1-23-10-11-24-17(22)21-8-6-20(7-9-21)16-19-15(12-25-16)13-4-2-3-5-14(13)18/h2-5,12H,6-11H2,1H3. The Balaban J connectivity index is 1.57. The molecule has 6 nitrogen and oxygen atoms in total. The summed E-state index contributed by atoms with van der Waals surface area (Å²) in [5.74, 6) is -0.275. The molecular formula is C17H20FN3O3S. The van der Waals surface area contributed by atoms with Gasteiger partial charge in [0.25, 0.3) is 0 Å². The van der Waals surface area contributed by atoms with Crippen molar-refractivity contribution in [2.45, 2.75) is 0 Å². The number of aromatic nitrogens is 1. The van der Waals surface area contributed by atoms with Crippen molar-refractivity contribution in [3.8, 4) is 11.3 Å². The minimum Gasteiger partial charge on any atom is -0.447 e. The lowest BCUT2D eigenvalue weighted by atomic mass is 10.2. The predicted molar refractivity (Wildman–Crippen MR) is 94.5 cm³/mol. The molecule has 0 N–H and O–H groups in total. The first-order valence-corrected chi connectivity index (χ1v) is 8.93. The van der Waals surface area contributed by atoms with Crippen molar-refractivity contribution in [1.82, 2.24) is 9.88 Å². The van der Waals surface area contributed by atoms with E-state index in [9.17, 15) is 9.18 Å². The highest BCUT2D eigenvalue weighted by Crippen LogP contribution is 2.29. The van der Waals surface area contributed by atoms with E-state index < -0.39 is 0 Å². The van der Waals surface area contributed by atoms with Crippen LogP contribution in [0.1, 0.15) is 0 Å². The number of amides is 1. The number of methoxy groups -OCH3 is 1. The summed E-state index contributed by atoms with van der Waals surface area (Å²) < 4.78 is 23.9. The smallest absolute Gasteiger partial charge is 0.409 e. The zero-order chi connectivity index (χ0) is 17.6. The Kier molecular flexibility index (Phi) is 5.83. The van der Waals surface area contributed by atoms with Gasteiger partial charge in [0, 0.05) is 44.2 Å². The number of carbonyl (C=O) groups is 1. The number of nitrogens with zero attached hydrogens (tertiary/aromatic N) is 3. The molecule has 0 atom stereocenters. The maximum Gasteiger partial charge on any atom is 0.409 e. The van der Waals surface area contributed by atoms with E-state index in [1.54, 1.807) is 30.2 Å². The van der Waals surface area contributed by atoms with Gasteiger partial charge in [-0.15, -0.1) is 11.3 Å². The molecular weight excluding hydrogens is 345 g/mol. The van der Waals surface area contributed by atoms with Crippen molar-refractivity contribution < 1.29 is 18.7 Å². The van der Waals surface area contributed by atoms with Gasteiger partial charge in [-0.25, -0.2) is 14.2 Å². The number of benzene rings is 1. The van der Waals surface area contributed by atoms with Gasteiger partial charge in [-0.3, -0.25) is 0 Å². The summed E-state index contributed by atoms with van der Waals surface area (Å²) in [6.07, 6.45) is -0.317. The minimum atomic E-state index is -0.317. The molecule has 1 aliphatic rings. The maximum atomic E-state index is 13.9. The zero-order valence-corrected chi connectivity index (χ0v) is 14.8. The Morgan fingerprint density at radius 3 is 2.72 bits per heavy atom. The third-order valence-corrected chi connectivity index (χ3v) is 4.86. The van der Waals surface area contributed by atoms with Crippen molar-refractivity contribution in [1.29, 1.82) is 0 Å². The number of piperazine rings is 1. The van der Waals surface area contributed by atoms with Gasteiger partial charge in [-0.05, 0) is 12.1 Å². The molecule has 3 rings (SSSR count). The van der Waals surface area contributed by atoms with E-state index in [0.29, 0.717) is 44.0 Å². The lowest BCUT2D eigenvalue weighted by molar-refractivity contribution is 0.0705. The highest BCUT2D eigenvalue weighted by atomic mass is 32.1. The summed E-state index contributed by atoms with van der Waals surface area (Å²) in [5.41, 5.74) is 1.14. The average molecular weight is 365 g/mol. The molecule has 25 heavy (non-hydrogen) atoms. The number of carbonyl (C=O) groups excluding carboxylic acids is 1. The van der Waals surface area contributed by atoms with Gasteiger partial charge in [-0.1, -0.05) is 12.1 Å². The number of anilines is 1. The Morgan fingerprint density at radius 2 is 2.00 bits per heavy atom. The van der Waals surface area contributed by atoms with Crippen LogP contribution < -0.4 is 4.90 Å². The van der Waals surface area contributed by atoms with E-state index in [1.807, 2.05) is 5.38 Å². The summed E-state index contributed by atoms with van der Waals surface area (Å²) >= 11 is 1.48. The van der Waals surface area contributed by atoms with Crippen LogP contribution in [0, 0.1) is 5.82 Å². The summed E-state index contributed by atoms with van der Waals surface area (Å²) in [6.45, 7) is 3.13. The first-order chi connectivity index (χ1) is 12.2. The SMILES string of the molecule is COCCOC(=O)N1CCN(c2nc(-c3ccccc3F)cs2)CC1. The first kappa shape index (κ1) is 17.6. The number of thiazole rings is 1. The average Bonchev–Trinajstić information content (AvgIpc) is 3.12. The second-order valence-corrected chi connectivity index (χ2v) is 6.41. The molecule has 1 aromatic heterocycles. The molecule has 0 bridgehead atoms. The lowest BCUT2D eigenvalue weighted by Gasteiger charge is -2.33. The van der Waals surface area contributed by atoms with Crippen LogP contribution in [0.5, 0.6) is 0 Å².